The van der Waals surface area contributed by atoms with Crippen molar-refractivity contribution in [2.75, 3.05) is 37.8 Å². The van der Waals surface area contributed by atoms with Crippen molar-refractivity contribution in [3.05, 3.63) is 10.8 Å². The molecule has 0 aliphatic rings. The molecule has 0 fully saturated rings. The van der Waals surface area contributed by atoms with Crippen molar-refractivity contribution in [3.8, 4) is 0 Å². The van der Waals surface area contributed by atoms with Crippen molar-refractivity contribution in [1.29, 1.82) is 5.41 Å². The molecule has 0 spiro atoms. The molecule has 17 heteroatoms. The van der Waals surface area contributed by atoms with Gasteiger partial charge in [0.25, 0.3) is 5.91 Å². The van der Waals surface area contributed by atoms with Gasteiger partial charge in [-0.15, -0.1) is 4.99 Å². The van der Waals surface area contributed by atoms with Crippen LogP contribution in [0.25, 0.3) is 0 Å². The molecule has 1 aromatic heterocycles. The highest BCUT2D eigenvalue weighted by molar-refractivity contribution is 6.31. The summed E-state index contributed by atoms with van der Waals surface area (Å²) >= 11 is 5.76. The molecule has 9 N–H and O–H groups in total. The smallest absolute Gasteiger partial charge is 0.437 e. The second kappa shape index (κ2) is 15.6. The number of ether oxygens (including phenoxy) is 3. The van der Waals surface area contributed by atoms with Crippen LogP contribution in [0.15, 0.2) is 4.99 Å². The van der Waals surface area contributed by atoms with E-state index in [0.29, 0.717) is 39.1 Å². The van der Waals surface area contributed by atoms with Gasteiger partial charge in [0.15, 0.2) is 28.4 Å². The van der Waals surface area contributed by atoms with Gasteiger partial charge in [-0.1, -0.05) is 11.6 Å². The van der Waals surface area contributed by atoms with Crippen LogP contribution in [0.4, 0.5) is 21.2 Å². The number of hydrogen-bond acceptors (Lipinski definition) is 11. The maximum Gasteiger partial charge on any atom is 0.437 e. The van der Waals surface area contributed by atoms with Gasteiger partial charge >= 0.3 is 12.2 Å². The van der Waals surface area contributed by atoms with Crippen molar-refractivity contribution in [1.82, 2.24) is 31.2 Å². The molecule has 0 aliphatic carbocycles. The fraction of sp³-hybridized carbons (Fsp3) is 0.609. The summed E-state index contributed by atoms with van der Waals surface area (Å²) in [7, 11) is 0. The molecule has 16 nitrogen and oxygen atoms in total. The summed E-state index contributed by atoms with van der Waals surface area (Å²) in [6, 6.07) is 0. The standard InChI is InChI=1S/C23H39ClN10O6/c1-22(2,3)39-20(36)33-19(34-21(37)40-23(4,5)6)29-10-8-12-38-11-7-9-28-18(27)32-17(35)13-15(25)31-16(26)14(24)30-13/h7-12H2,1-6H3,(H4,25,26,31)(H3,27,28,32,35)(H2,29,33,34,36,37). The van der Waals surface area contributed by atoms with Crippen LogP contribution in [-0.2, 0) is 14.2 Å². The van der Waals surface area contributed by atoms with Crippen molar-refractivity contribution in [2.45, 2.75) is 65.6 Å². The topological polar surface area (TPSA) is 241 Å². The van der Waals surface area contributed by atoms with Gasteiger partial charge in [0, 0.05) is 26.3 Å². The predicted molar refractivity (Wildman–Crippen MR) is 150 cm³/mol. The minimum absolute atomic E-state index is 0.105. The van der Waals surface area contributed by atoms with Crippen LogP contribution in [0.3, 0.4) is 0 Å². The van der Waals surface area contributed by atoms with E-state index in [1.54, 1.807) is 41.5 Å². The molecule has 0 saturated heterocycles. The second-order valence-electron chi connectivity index (χ2n) is 10.2. The third-order valence-corrected chi connectivity index (χ3v) is 4.38. The number of alkyl carbamates (subject to hydrolysis) is 1. The Morgan fingerprint density at radius 1 is 0.900 bits per heavy atom. The Morgan fingerprint density at radius 3 is 2.05 bits per heavy atom. The van der Waals surface area contributed by atoms with Crippen LogP contribution in [0.1, 0.15) is 64.9 Å². The highest BCUT2D eigenvalue weighted by Gasteiger charge is 2.20. The minimum Gasteiger partial charge on any atom is -0.444 e. The first-order valence-electron chi connectivity index (χ1n) is 12.3. The molecule has 1 aromatic rings. The average molecular weight is 587 g/mol. The van der Waals surface area contributed by atoms with Gasteiger partial charge < -0.3 is 36.3 Å². The number of anilines is 2. The van der Waals surface area contributed by atoms with Crippen LogP contribution in [0, 0.1) is 5.41 Å². The van der Waals surface area contributed by atoms with Gasteiger partial charge in [0.2, 0.25) is 5.96 Å². The van der Waals surface area contributed by atoms with E-state index >= 15 is 0 Å². The lowest BCUT2D eigenvalue weighted by atomic mass is 10.2. The molecule has 1 heterocycles. The highest BCUT2D eigenvalue weighted by Crippen LogP contribution is 2.17. The van der Waals surface area contributed by atoms with Crippen LogP contribution < -0.4 is 32.7 Å². The first-order valence-corrected chi connectivity index (χ1v) is 12.7. The number of aromatic nitrogens is 2. The fourth-order valence-electron chi connectivity index (χ4n) is 2.58. The lowest BCUT2D eigenvalue weighted by molar-refractivity contribution is 0.0560. The summed E-state index contributed by atoms with van der Waals surface area (Å²) in [4.78, 5) is 47.6. The highest BCUT2D eigenvalue weighted by atomic mass is 35.5. The molecule has 0 radical (unpaired) electrons. The number of nitrogens with zero attached hydrogens (tertiary/aromatic N) is 3. The number of hydrogen-bond donors (Lipinski definition) is 7. The van der Waals surface area contributed by atoms with Gasteiger partial charge in [-0.25, -0.2) is 19.6 Å². The summed E-state index contributed by atoms with van der Waals surface area (Å²) in [5, 5.41) is 17.9. The van der Waals surface area contributed by atoms with Crippen molar-refractivity contribution in [2.24, 2.45) is 4.99 Å². The molecule has 3 amide bonds. The lowest BCUT2D eigenvalue weighted by Gasteiger charge is -2.21. The molecule has 0 bridgehead atoms. The fourth-order valence-corrected chi connectivity index (χ4v) is 2.71. The first kappa shape index (κ1) is 34.1. The van der Waals surface area contributed by atoms with Gasteiger partial charge in [-0.2, -0.15) is 0 Å². The summed E-state index contributed by atoms with van der Waals surface area (Å²) in [5.74, 6) is -1.45. The molecule has 0 saturated carbocycles. The summed E-state index contributed by atoms with van der Waals surface area (Å²) in [6.45, 7) is 11.6. The average Bonchev–Trinajstić information content (AvgIpc) is 2.77. The van der Waals surface area contributed by atoms with Crippen LogP contribution >= 0.6 is 11.6 Å². The van der Waals surface area contributed by atoms with Crippen LogP contribution in [-0.4, -0.2) is 77.5 Å². The predicted octanol–water partition coefficient (Wildman–Crippen LogP) is 1.75. The molecule has 0 aliphatic heterocycles. The number of carbonyl (C=O) groups excluding carboxylic acids is 3. The lowest BCUT2D eigenvalue weighted by Crippen LogP contribution is -2.44. The van der Waals surface area contributed by atoms with Gasteiger partial charge in [-0.05, 0) is 54.4 Å². The zero-order valence-electron chi connectivity index (χ0n) is 23.6. The molecule has 40 heavy (non-hydrogen) atoms. The van der Waals surface area contributed by atoms with Crippen molar-refractivity contribution < 1.29 is 28.6 Å². The second-order valence-corrected chi connectivity index (χ2v) is 10.6. The quantitative estimate of drug-likeness (QED) is 0.124. The molecule has 224 valence electrons. The number of rotatable bonds is 9. The third kappa shape index (κ3) is 14.9. The summed E-state index contributed by atoms with van der Waals surface area (Å²) < 4.78 is 15.9. The van der Waals surface area contributed by atoms with Gasteiger partial charge in [0.1, 0.15) is 11.2 Å². The molecular weight excluding hydrogens is 548 g/mol. The van der Waals surface area contributed by atoms with E-state index < -0.39 is 29.3 Å². The largest absolute Gasteiger partial charge is 0.444 e. The van der Waals surface area contributed by atoms with E-state index in [1.807, 2.05) is 0 Å². The van der Waals surface area contributed by atoms with Gasteiger partial charge in [0.05, 0.1) is 0 Å². The molecule has 0 unspecified atom stereocenters. The van der Waals surface area contributed by atoms with Crippen molar-refractivity contribution in [3.63, 3.8) is 0 Å². The number of aliphatic imine (C=N–C) groups is 1. The minimum atomic E-state index is -0.870. The van der Waals surface area contributed by atoms with E-state index in [1.165, 1.54) is 0 Å². The Hall–Kier alpha value is -3.92. The van der Waals surface area contributed by atoms with Crippen molar-refractivity contribution >= 4 is 53.2 Å². The Balaban J connectivity index is 2.36. The first-order chi connectivity index (χ1) is 18.5. The third-order valence-electron chi connectivity index (χ3n) is 4.10. The van der Waals surface area contributed by atoms with Gasteiger partial charge in [-0.3, -0.25) is 20.8 Å². The monoisotopic (exact) mass is 586 g/mol. The number of amides is 3. The Bertz CT molecular complexity index is 1090. The van der Waals surface area contributed by atoms with Crippen LogP contribution in [0.5, 0.6) is 0 Å². The van der Waals surface area contributed by atoms with E-state index in [4.69, 9.17) is 42.7 Å². The van der Waals surface area contributed by atoms with E-state index in [-0.39, 0.29) is 34.4 Å². The van der Waals surface area contributed by atoms with E-state index in [0.717, 1.165) is 0 Å². The number of guanidine groups is 2. The van der Waals surface area contributed by atoms with E-state index in [2.05, 4.69) is 36.2 Å². The summed E-state index contributed by atoms with van der Waals surface area (Å²) in [6.07, 6.45) is -0.589. The maximum absolute atomic E-state index is 12.2. The Morgan fingerprint density at radius 2 is 1.48 bits per heavy atom. The summed E-state index contributed by atoms with van der Waals surface area (Å²) in [5.41, 5.74) is 9.37. The van der Waals surface area contributed by atoms with E-state index in [9.17, 15) is 14.4 Å². The normalized spacial score (nSPS) is 11.8. The SMILES string of the molecule is CC(C)(C)OC(=O)N=C(NCCCOCCCNC(=N)NC(=O)c1nc(Cl)c(N)nc1N)NC(=O)OC(C)(C)C. The number of nitrogens with one attached hydrogen (secondary N) is 5. The zero-order valence-corrected chi connectivity index (χ0v) is 24.3. The van der Waals surface area contributed by atoms with Crippen LogP contribution in [0.2, 0.25) is 5.15 Å². The Kier molecular flexibility index (Phi) is 13.3. The molecule has 0 aromatic carbocycles. The Labute approximate surface area is 237 Å². The maximum atomic E-state index is 12.2. The number of halogens is 1. The number of nitrogen functional groups attached to an aromatic ring is 2. The molecular formula is C23H39ClN10O6. The number of carbonyl (C=O) groups is 3. The molecule has 1 rings (SSSR count). The molecule has 0 atom stereocenters. The zero-order chi connectivity index (χ0) is 30.5. The number of nitrogens with two attached hydrogens (primary N) is 2.